The van der Waals surface area contributed by atoms with E-state index in [9.17, 15) is 0 Å². The molecule has 1 heteroatoms. The van der Waals surface area contributed by atoms with E-state index in [1.165, 1.54) is 24.0 Å². The second kappa shape index (κ2) is 6.55. The number of hydrogen-bond acceptors (Lipinski definition) is 0. The zero-order valence-corrected chi connectivity index (χ0v) is 15.1. The first-order chi connectivity index (χ1) is 10.6. The Morgan fingerprint density at radius 3 is 1.41 bits per heavy atom. The minimum Gasteiger partial charge on any atom is -0.0887 e. The van der Waals surface area contributed by atoms with Gasteiger partial charge in [0.2, 0.25) is 0 Å². The van der Waals surface area contributed by atoms with Gasteiger partial charge >= 0.3 is 0 Å². The van der Waals surface area contributed by atoms with Crippen molar-refractivity contribution in [3.63, 3.8) is 0 Å². The van der Waals surface area contributed by atoms with E-state index in [-0.39, 0.29) is 7.92 Å². The van der Waals surface area contributed by atoms with Crippen LogP contribution in [0.1, 0.15) is 60.3 Å². The van der Waals surface area contributed by atoms with E-state index in [2.05, 4.69) is 76.2 Å². The summed E-state index contributed by atoms with van der Waals surface area (Å²) in [4.78, 5) is 0. The molecular weight excluding hydrogens is 283 g/mol. The number of hydrogen-bond donors (Lipinski definition) is 0. The van der Waals surface area contributed by atoms with Crippen molar-refractivity contribution < 1.29 is 0 Å². The van der Waals surface area contributed by atoms with Gasteiger partial charge in [0.05, 0.1) is 0 Å². The molecule has 2 aromatic carbocycles. The normalized spacial score (nSPS) is 24.9. The average molecular weight is 310 g/mol. The molecule has 3 rings (SSSR count). The Bertz CT molecular complexity index is 556. The first-order valence-electron chi connectivity index (χ1n) is 8.47. The lowest BCUT2D eigenvalue weighted by molar-refractivity contribution is 0.765. The Morgan fingerprint density at radius 1 is 0.727 bits per heavy atom. The van der Waals surface area contributed by atoms with Gasteiger partial charge in [0.15, 0.2) is 0 Å². The molecule has 1 saturated heterocycles. The molecule has 2 aromatic rings. The molecule has 116 valence electrons. The van der Waals surface area contributed by atoms with E-state index < -0.39 is 0 Å². The molecule has 0 amide bonds. The summed E-state index contributed by atoms with van der Waals surface area (Å²) >= 11 is 0. The third-order valence-electron chi connectivity index (χ3n) is 4.95. The van der Waals surface area contributed by atoms with Crippen LogP contribution in [0.15, 0.2) is 48.5 Å². The molecule has 1 fully saturated rings. The van der Waals surface area contributed by atoms with Crippen molar-refractivity contribution in [2.45, 2.75) is 57.5 Å². The predicted molar refractivity (Wildman–Crippen MR) is 99.1 cm³/mol. The van der Waals surface area contributed by atoms with Crippen molar-refractivity contribution in [1.29, 1.82) is 0 Å². The molecule has 1 aliphatic rings. The van der Waals surface area contributed by atoms with Crippen LogP contribution in [0.3, 0.4) is 0 Å². The Balaban J connectivity index is 1.90. The molecule has 1 heterocycles. The maximum Gasteiger partial charge on any atom is 0.00499 e. The average Bonchev–Trinajstić information content (AvgIpc) is 2.94. The van der Waals surface area contributed by atoms with Crippen molar-refractivity contribution in [1.82, 2.24) is 0 Å². The first-order valence-corrected chi connectivity index (χ1v) is 10.0. The lowest BCUT2D eigenvalue weighted by atomic mass is 10.0. The van der Waals surface area contributed by atoms with Crippen LogP contribution in [-0.2, 0) is 0 Å². The smallest absolute Gasteiger partial charge is 0.00499 e. The van der Waals surface area contributed by atoms with Crippen LogP contribution >= 0.6 is 7.92 Å². The van der Waals surface area contributed by atoms with Gasteiger partial charge in [-0.25, -0.2) is 0 Å². The summed E-state index contributed by atoms with van der Waals surface area (Å²) in [6.07, 6.45) is 2.71. The second-order valence-corrected chi connectivity index (χ2v) is 10.1. The van der Waals surface area contributed by atoms with E-state index in [1.54, 1.807) is 11.1 Å². The number of benzene rings is 2. The van der Waals surface area contributed by atoms with Crippen LogP contribution < -0.4 is 0 Å². The van der Waals surface area contributed by atoms with Crippen LogP contribution in [0.25, 0.3) is 0 Å². The number of rotatable bonds is 3. The van der Waals surface area contributed by atoms with Gasteiger partial charge in [-0.3, -0.25) is 0 Å². The van der Waals surface area contributed by atoms with E-state index in [1.807, 2.05) is 0 Å². The molecule has 2 unspecified atom stereocenters. The Labute approximate surface area is 136 Å². The molecule has 2 atom stereocenters. The summed E-state index contributed by atoms with van der Waals surface area (Å²) in [7, 11) is -0.00281. The maximum absolute atomic E-state index is 2.43. The molecule has 0 aliphatic carbocycles. The summed E-state index contributed by atoms with van der Waals surface area (Å²) in [5.41, 5.74) is 8.22. The van der Waals surface area contributed by atoms with Crippen molar-refractivity contribution in [3.05, 3.63) is 70.8 Å². The fraction of sp³-hybridized carbons (Fsp3) is 0.429. The van der Waals surface area contributed by atoms with Crippen LogP contribution in [0.5, 0.6) is 0 Å². The maximum atomic E-state index is 2.43. The zero-order valence-electron chi connectivity index (χ0n) is 14.2. The first kappa shape index (κ1) is 15.8. The standard InChI is InChI=1S/C21H27P/c1-15(2)22-20(18-9-5-16(3)6-10-18)13-14-21(22)19-11-7-17(4)8-12-19/h5-12,15,20-21H,13-14H2,1-4H3. The highest BCUT2D eigenvalue weighted by Gasteiger charge is 2.38. The Hall–Kier alpha value is -1.13. The van der Waals surface area contributed by atoms with Gasteiger partial charge in [-0.15, -0.1) is 0 Å². The van der Waals surface area contributed by atoms with Gasteiger partial charge in [0.1, 0.15) is 0 Å². The van der Waals surface area contributed by atoms with Gasteiger partial charge in [-0.1, -0.05) is 81.4 Å². The van der Waals surface area contributed by atoms with E-state index >= 15 is 0 Å². The fourth-order valence-electron chi connectivity index (χ4n) is 3.81. The topological polar surface area (TPSA) is 0 Å². The van der Waals surface area contributed by atoms with Gasteiger partial charge in [-0.05, 0) is 43.5 Å². The highest BCUT2D eigenvalue weighted by atomic mass is 31.1. The summed E-state index contributed by atoms with van der Waals surface area (Å²) < 4.78 is 0. The minimum atomic E-state index is -0.00281. The highest BCUT2D eigenvalue weighted by Crippen LogP contribution is 2.72. The molecule has 0 bridgehead atoms. The van der Waals surface area contributed by atoms with Crippen LogP contribution in [0.4, 0.5) is 0 Å². The summed E-state index contributed by atoms with van der Waals surface area (Å²) in [5.74, 6) is 0. The van der Waals surface area contributed by atoms with Crippen molar-refractivity contribution >= 4 is 7.92 Å². The minimum absolute atomic E-state index is 0.00281. The summed E-state index contributed by atoms with van der Waals surface area (Å²) in [6, 6.07) is 18.6. The molecular formula is C21H27P. The van der Waals surface area contributed by atoms with E-state index in [4.69, 9.17) is 0 Å². The molecule has 22 heavy (non-hydrogen) atoms. The van der Waals surface area contributed by atoms with Crippen LogP contribution in [0, 0.1) is 13.8 Å². The summed E-state index contributed by atoms with van der Waals surface area (Å²) in [6.45, 7) is 9.22. The molecule has 0 spiro atoms. The number of aryl methyl sites for hydroxylation is 2. The molecule has 0 saturated carbocycles. The molecule has 0 nitrogen and oxygen atoms in total. The van der Waals surface area contributed by atoms with E-state index in [0.717, 1.165) is 17.0 Å². The predicted octanol–water partition coefficient (Wildman–Crippen LogP) is 6.77. The lowest BCUT2D eigenvalue weighted by Gasteiger charge is -2.30. The van der Waals surface area contributed by atoms with Gasteiger partial charge < -0.3 is 0 Å². The second-order valence-electron chi connectivity index (χ2n) is 6.97. The van der Waals surface area contributed by atoms with Crippen LogP contribution in [-0.4, -0.2) is 5.66 Å². The fourth-order valence-corrected chi connectivity index (χ4v) is 7.61. The Morgan fingerprint density at radius 2 is 1.09 bits per heavy atom. The third kappa shape index (κ3) is 3.13. The monoisotopic (exact) mass is 310 g/mol. The summed E-state index contributed by atoms with van der Waals surface area (Å²) in [5, 5.41) is 0. The van der Waals surface area contributed by atoms with E-state index in [0.29, 0.717) is 0 Å². The van der Waals surface area contributed by atoms with Gasteiger partial charge in [0, 0.05) is 11.3 Å². The quantitative estimate of drug-likeness (QED) is 0.549. The van der Waals surface area contributed by atoms with Crippen molar-refractivity contribution in [2.24, 2.45) is 0 Å². The lowest BCUT2D eigenvalue weighted by Crippen LogP contribution is -2.03. The Kier molecular flexibility index (Phi) is 4.69. The highest BCUT2D eigenvalue weighted by molar-refractivity contribution is 7.59. The third-order valence-corrected chi connectivity index (χ3v) is 8.70. The molecule has 0 N–H and O–H groups in total. The molecule has 1 aliphatic heterocycles. The molecule has 0 radical (unpaired) electrons. The van der Waals surface area contributed by atoms with Gasteiger partial charge in [0.25, 0.3) is 0 Å². The van der Waals surface area contributed by atoms with Crippen LogP contribution in [0.2, 0.25) is 0 Å². The SMILES string of the molecule is Cc1ccc(C2CCC(c3ccc(C)cc3)P2C(C)C)cc1. The van der Waals surface area contributed by atoms with Crippen molar-refractivity contribution in [2.75, 3.05) is 0 Å². The van der Waals surface area contributed by atoms with Gasteiger partial charge in [-0.2, -0.15) is 0 Å². The molecule has 0 aromatic heterocycles. The largest absolute Gasteiger partial charge is 0.0887 e. The van der Waals surface area contributed by atoms with Crippen molar-refractivity contribution in [3.8, 4) is 0 Å². The zero-order chi connectivity index (χ0) is 15.7.